The molecule has 95 heavy (non-hydrogen) atoms. The molecule has 0 radical (unpaired) electrons. The van der Waals surface area contributed by atoms with Gasteiger partial charge in [-0.05, 0) is 49.9 Å². The first-order valence-electron chi connectivity index (χ1n) is 28.3. The van der Waals surface area contributed by atoms with Crippen LogP contribution < -0.4 is 27.4 Å². The van der Waals surface area contributed by atoms with Crippen LogP contribution in [0.25, 0.3) is 68.8 Å². The number of nitrogens with zero attached hydrogens (tertiary/aromatic N) is 22. The van der Waals surface area contributed by atoms with Crippen molar-refractivity contribution in [2.45, 2.75) is 89.4 Å². The van der Waals surface area contributed by atoms with Gasteiger partial charge < -0.3 is 0 Å². The molecule has 0 N–H and O–H groups in total. The Kier molecular flexibility index (Phi) is 11.5. The van der Waals surface area contributed by atoms with Gasteiger partial charge in [0, 0.05) is 54.6 Å². The van der Waals surface area contributed by atoms with Crippen molar-refractivity contribution in [3.05, 3.63) is 191 Å². The highest BCUT2D eigenvalue weighted by atomic mass is 19.4. The van der Waals surface area contributed by atoms with E-state index in [9.17, 15) is 65.9 Å². The Labute approximate surface area is 520 Å². The molecule has 3 atom stereocenters. The van der Waals surface area contributed by atoms with E-state index in [1.807, 2.05) is 49.5 Å². The van der Waals surface area contributed by atoms with E-state index in [2.05, 4.69) is 71.3 Å². The molecule has 0 fully saturated rings. The predicted molar refractivity (Wildman–Crippen MR) is 284 cm³/mol. The van der Waals surface area contributed by atoms with Crippen molar-refractivity contribution in [1.29, 1.82) is 0 Å². The Bertz CT molecular complexity index is 5100. The first kappa shape index (κ1) is 58.9. The minimum absolute atomic E-state index is 0.0433. The third-order valence-corrected chi connectivity index (χ3v) is 16.8. The third-order valence-electron chi connectivity index (χ3n) is 16.8. The summed E-state index contributed by atoms with van der Waals surface area (Å²) in [7, 11) is 0. The van der Waals surface area contributed by atoms with Crippen LogP contribution in [-0.4, -0.2) is 78.6 Å². The molecule has 3 unspecified atom stereocenters. The number of halogens is 15. The van der Waals surface area contributed by atoms with E-state index in [0.717, 1.165) is 73.6 Å². The maximum absolute atomic E-state index is 14.2. The highest BCUT2D eigenvalue weighted by Gasteiger charge is 2.75. The van der Waals surface area contributed by atoms with Crippen molar-refractivity contribution in [3.8, 4) is 68.8 Å². The van der Waals surface area contributed by atoms with Crippen molar-refractivity contribution in [3.63, 3.8) is 0 Å². The lowest BCUT2D eigenvalue weighted by molar-refractivity contribution is -0.991. The average Bonchev–Trinajstić information content (AvgIpc) is 1.52. The molecule has 18 rings (SSSR count). The quantitative estimate of drug-likeness (QED) is 0.116. The summed E-state index contributed by atoms with van der Waals surface area (Å²) < 4.78 is 221. The normalized spacial score (nSPS) is 18.5. The van der Waals surface area contributed by atoms with E-state index in [0.29, 0.717) is 22.8 Å². The monoisotopic (exact) mass is 1330 g/mol. The topological polar surface area (TPSA) is 182 Å². The summed E-state index contributed by atoms with van der Waals surface area (Å²) >= 11 is 0. The number of pyridine rings is 6. The smallest absolute Gasteiger partial charge is 0.206 e. The number of fused-ring (bicyclic) bond motifs is 30. The van der Waals surface area contributed by atoms with Gasteiger partial charge in [-0.2, -0.15) is 77.8 Å². The summed E-state index contributed by atoms with van der Waals surface area (Å²) in [5.74, 6) is -11.3. The minimum Gasteiger partial charge on any atom is -0.206 e. The van der Waals surface area contributed by atoms with Gasteiger partial charge in [0.1, 0.15) is 34.7 Å². The van der Waals surface area contributed by atoms with Crippen molar-refractivity contribution in [2.24, 2.45) is 0 Å². The molecule has 18 heterocycles. The van der Waals surface area contributed by atoms with Gasteiger partial charge in [0.2, 0.25) is 34.7 Å². The van der Waals surface area contributed by atoms with E-state index in [1.54, 1.807) is 46.8 Å². The molecule has 6 aliphatic heterocycles. The van der Waals surface area contributed by atoms with Crippen LogP contribution in [0.5, 0.6) is 0 Å². The van der Waals surface area contributed by atoms with Gasteiger partial charge in [0.25, 0.3) is 40.2 Å². The average molecular weight is 1330 g/mol. The number of aromatic nitrogens is 22. The van der Waals surface area contributed by atoms with E-state index in [-0.39, 0.29) is 57.3 Å². The van der Waals surface area contributed by atoms with E-state index < -0.39 is 82.9 Å². The van der Waals surface area contributed by atoms with Crippen molar-refractivity contribution >= 4 is 0 Å². The lowest BCUT2D eigenvalue weighted by Crippen LogP contribution is -2.77. The fourth-order valence-corrected chi connectivity index (χ4v) is 13.0. The van der Waals surface area contributed by atoms with Crippen LogP contribution >= 0.6 is 0 Å². The molecule has 6 aliphatic rings. The number of alkyl halides is 12. The largest absolute Gasteiger partial charge is 0.586 e. The maximum atomic E-state index is 14.2. The lowest BCUT2D eigenvalue weighted by atomic mass is 9.87. The van der Waals surface area contributed by atoms with Crippen LogP contribution in [0.15, 0.2) is 128 Å². The van der Waals surface area contributed by atoms with Gasteiger partial charge in [-0.25, -0.2) is 18.2 Å². The molecule has 37 heteroatoms. The summed E-state index contributed by atoms with van der Waals surface area (Å²) in [6.07, 6.45) is -10.4. The van der Waals surface area contributed by atoms with E-state index in [1.165, 1.54) is 51.5 Å². The first-order valence-corrected chi connectivity index (χ1v) is 28.3. The summed E-state index contributed by atoms with van der Waals surface area (Å²) in [5.41, 5.74) is 4.32. The van der Waals surface area contributed by atoms with Crippen LogP contribution in [0.1, 0.15) is 66.6 Å². The molecular weight excluding hydrogens is 1290 g/mol. The van der Waals surface area contributed by atoms with Gasteiger partial charge in [0.05, 0.1) is 35.2 Å². The highest BCUT2D eigenvalue weighted by Crippen LogP contribution is 2.44. The second-order valence-electron chi connectivity index (χ2n) is 23.7. The Morgan fingerprint density at radius 3 is 1.11 bits per heavy atom. The lowest BCUT2D eigenvalue weighted by Gasteiger charge is -2.19. The molecule has 0 aromatic carbocycles. The molecule has 0 aliphatic carbocycles. The second-order valence-corrected chi connectivity index (χ2v) is 23.7. The fraction of sp³-hybridized carbons (Fsp3) is 0.241. The first-order chi connectivity index (χ1) is 44.7. The molecule has 3 spiro atoms. The number of hydrogen-bond acceptors (Lipinski definition) is 10. The van der Waals surface area contributed by atoms with E-state index >= 15 is 0 Å². The van der Waals surface area contributed by atoms with Gasteiger partial charge in [-0.1, -0.05) is 66.9 Å². The molecule has 480 valence electrons. The Morgan fingerprint density at radius 1 is 0.337 bits per heavy atom. The SMILES string of the molecule is Cc1cc2n(n1)C1(n3nc(C(F)(F)F)nc3-c3cc(F)cc[n+]31)[n+]1ccc(C(C)(C)C)cc1-2.Cc1cc2n(n1)C1(n3nc(C(F)(F)F)nc3-c3cc(F)cc[n+]31)[n+]1ccccc1-2.Cc1nc2n(n1)C1(n3nc(C(F)(F)F)nc3-c3cc(F)cc[n+]31)[n+]1ccc(C(F)(F)F)cc1-2. The van der Waals surface area contributed by atoms with Crippen LogP contribution in [-0.2, 0) is 47.9 Å². The molecule has 0 saturated carbocycles. The molecular formula is C58H39F15N22+6. The summed E-state index contributed by atoms with van der Waals surface area (Å²) in [5, 5.41) is 24.7. The molecule has 0 amide bonds. The zero-order chi connectivity index (χ0) is 67.1. The van der Waals surface area contributed by atoms with Crippen molar-refractivity contribution in [2.75, 3.05) is 0 Å². The fourth-order valence-electron chi connectivity index (χ4n) is 13.0. The van der Waals surface area contributed by atoms with Gasteiger partial charge in [-0.15, -0.1) is 29.8 Å². The van der Waals surface area contributed by atoms with Gasteiger partial charge in [-0.3, -0.25) is 0 Å². The second kappa shape index (κ2) is 18.6. The zero-order valence-electron chi connectivity index (χ0n) is 49.1. The van der Waals surface area contributed by atoms with Gasteiger partial charge in [0.15, 0.2) is 37.2 Å². The molecule has 22 nitrogen and oxygen atoms in total. The molecule has 0 bridgehead atoms. The summed E-state index contributed by atoms with van der Waals surface area (Å²) in [4.78, 5) is 15.2. The Hall–Kier alpha value is -11.2. The predicted octanol–water partition coefficient (Wildman–Crippen LogP) is 6.78. The summed E-state index contributed by atoms with van der Waals surface area (Å²) in [6.45, 7) is 11.3. The van der Waals surface area contributed by atoms with Crippen molar-refractivity contribution < 1.29 is 93.3 Å². The van der Waals surface area contributed by atoms with Gasteiger partial charge >= 0.3 is 42.4 Å². The third kappa shape index (κ3) is 7.83. The Balaban J connectivity index is 0.000000113. The zero-order valence-corrected chi connectivity index (χ0v) is 49.1. The minimum atomic E-state index is -4.93. The maximum Gasteiger partial charge on any atom is 0.586 e. The number of hydrogen-bond donors (Lipinski definition) is 0. The molecule has 12 aromatic rings. The van der Waals surface area contributed by atoms with Crippen LogP contribution in [0.2, 0.25) is 0 Å². The Morgan fingerprint density at radius 2 is 0.684 bits per heavy atom. The molecule has 0 saturated heterocycles. The number of aryl methyl sites for hydroxylation is 3. The molecule has 12 aromatic heterocycles. The highest BCUT2D eigenvalue weighted by molar-refractivity contribution is 5.59. The van der Waals surface area contributed by atoms with E-state index in [4.69, 9.17) is 0 Å². The standard InChI is InChI=1S/C22H19F4N7.C18H9F7N8.C18H11F4N7/c1-12-9-16-15-10-13(20(2,3)4)5-7-30(15)22(32(16)28-12)31-8-6-14(23)11-17(31)18-27-19(21(24,25)26)29-33(18)22;1-8-26-13-11-6-9(16(20,21)22)2-4-30(11)18(32(13)28-8)31-5-3-10(19)7-12(31)14-27-15(17(23,24)25)29-33(14)18;1-10-8-13-12-4-2-3-6-26(12)18(28(13)24-10)27-7-5-11(19)9-14(27)15-23-16(17(20,21)22)25-29(15)18/h5-11H,1-4H3;2-7H,1H3;2-9H,1H3/q3*+2. The number of rotatable bonds is 0. The van der Waals surface area contributed by atoms with Crippen LogP contribution in [0.3, 0.4) is 0 Å². The van der Waals surface area contributed by atoms with Crippen molar-refractivity contribution in [1.82, 2.24) is 78.6 Å². The van der Waals surface area contributed by atoms with Crippen LogP contribution in [0, 0.1) is 38.2 Å². The summed E-state index contributed by atoms with van der Waals surface area (Å²) in [6, 6.07) is 21.5. The van der Waals surface area contributed by atoms with Crippen LogP contribution in [0.4, 0.5) is 65.9 Å².